The number of carboxylic acids is 1. The van der Waals surface area contributed by atoms with E-state index in [2.05, 4.69) is 0 Å². The predicted octanol–water partition coefficient (Wildman–Crippen LogP) is 2.53. The van der Waals surface area contributed by atoms with Gasteiger partial charge in [-0.3, -0.25) is 4.79 Å². The highest BCUT2D eigenvalue weighted by Crippen LogP contribution is 2.35. The van der Waals surface area contributed by atoms with Gasteiger partial charge in [0.15, 0.2) is 0 Å². The summed E-state index contributed by atoms with van der Waals surface area (Å²) in [4.78, 5) is 26.2. The third-order valence-corrected chi connectivity index (χ3v) is 4.78. The number of amides is 1. The Morgan fingerprint density at radius 2 is 2.28 bits per heavy atom. The van der Waals surface area contributed by atoms with Gasteiger partial charge in [0.05, 0.1) is 4.88 Å². The fraction of sp³-hybridized carbons (Fsp3) is 0.538. The first-order valence-electron chi connectivity index (χ1n) is 6.12. The molecule has 0 saturated carbocycles. The molecule has 1 aromatic rings. The van der Waals surface area contributed by atoms with Crippen molar-refractivity contribution in [2.75, 3.05) is 6.54 Å². The minimum absolute atomic E-state index is 0.135. The van der Waals surface area contributed by atoms with Gasteiger partial charge in [-0.15, -0.1) is 11.3 Å². The molecule has 2 heterocycles. The van der Waals surface area contributed by atoms with Crippen LogP contribution in [-0.4, -0.2) is 34.0 Å². The number of thiophene rings is 1. The molecule has 5 heteroatoms. The first-order valence-corrected chi connectivity index (χ1v) is 7.00. The summed E-state index contributed by atoms with van der Waals surface area (Å²) in [6, 6.07) is 1.89. The van der Waals surface area contributed by atoms with Crippen molar-refractivity contribution in [2.45, 2.75) is 38.6 Å². The van der Waals surface area contributed by atoms with E-state index >= 15 is 0 Å². The van der Waals surface area contributed by atoms with Gasteiger partial charge >= 0.3 is 5.97 Å². The number of rotatable bonds is 3. The summed E-state index contributed by atoms with van der Waals surface area (Å²) < 4.78 is 0. The number of carbonyl (C=O) groups is 2. The van der Waals surface area contributed by atoms with E-state index in [1.54, 1.807) is 4.90 Å². The molecular formula is C13H17NO3S. The predicted molar refractivity (Wildman–Crippen MR) is 70.0 cm³/mol. The number of hydrogen-bond acceptors (Lipinski definition) is 3. The summed E-state index contributed by atoms with van der Waals surface area (Å²) in [5.74, 6) is -1.02. The van der Waals surface area contributed by atoms with E-state index in [0.29, 0.717) is 24.3 Å². The maximum Gasteiger partial charge on any atom is 0.329 e. The van der Waals surface area contributed by atoms with Crippen LogP contribution in [0.15, 0.2) is 11.4 Å². The molecule has 1 unspecified atom stereocenters. The average Bonchev–Trinajstić information content (AvgIpc) is 2.94. The molecular weight excluding hydrogens is 250 g/mol. The maximum absolute atomic E-state index is 12.5. The smallest absolute Gasteiger partial charge is 0.329 e. The Bertz CT molecular complexity index is 482. The molecule has 0 radical (unpaired) electrons. The molecule has 1 N–H and O–H groups in total. The van der Waals surface area contributed by atoms with Crippen LogP contribution in [0.2, 0.25) is 0 Å². The van der Waals surface area contributed by atoms with Crippen LogP contribution in [0.5, 0.6) is 0 Å². The molecule has 0 aliphatic carbocycles. The zero-order chi connectivity index (χ0) is 13.3. The van der Waals surface area contributed by atoms with Crippen LogP contribution in [0.4, 0.5) is 0 Å². The first-order chi connectivity index (χ1) is 8.53. The highest BCUT2D eigenvalue weighted by molar-refractivity contribution is 7.12. The van der Waals surface area contributed by atoms with Gasteiger partial charge in [-0.1, -0.05) is 6.92 Å². The Morgan fingerprint density at radius 3 is 2.78 bits per heavy atom. The van der Waals surface area contributed by atoms with Gasteiger partial charge in [0.25, 0.3) is 5.91 Å². The van der Waals surface area contributed by atoms with Crippen molar-refractivity contribution in [3.63, 3.8) is 0 Å². The summed E-state index contributed by atoms with van der Waals surface area (Å²) in [7, 11) is 0. The molecule has 1 aromatic heterocycles. The molecule has 1 saturated heterocycles. The second-order valence-electron chi connectivity index (χ2n) is 4.68. The van der Waals surface area contributed by atoms with Gasteiger partial charge in [-0.05, 0) is 43.2 Å². The number of hydrogen-bond donors (Lipinski definition) is 1. The van der Waals surface area contributed by atoms with Crippen LogP contribution in [0.3, 0.4) is 0 Å². The number of nitrogens with zero attached hydrogens (tertiary/aromatic N) is 1. The van der Waals surface area contributed by atoms with Crippen molar-refractivity contribution < 1.29 is 14.7 Å². The molecule has 2 rings (SSSR count). The third-order valence-electron chi connectivity index (χ3n) is 3.77. The van der Waals surface area contributed by atoms with Crippen molar-refractivity contribution in [2.24, 2.45) is 0 Å². The lowest BCUT2D eigenvalue weighted by Crippen LogP contribution is -2.52. The normalized spacial score (nSPS) is 23.3. The topological polar surface area (TPSA) is 57.6 Å². The summed E-state index contributed by atoms with van der Waals surface area (Å²) in [5.41, 5.74) is -0.0830. The molecule has 18 heavy (non-hydrogen) atoms. The van der Waals surface area contributed by atoms with Gasteiger partial charge in [-0.2, -0.15) is 0 Å². The molecule has 4 nitrogen and oxygen atoms in total. The molecule has 1 aliphatic heterocycles. The summed E-state index contributed by atoms with van der Waals surface area (Å²) >= 11 is 1.38. The van der Waals surface area contributed by atoms with Gasteiger partial charge < -0.3 is 10.0 Å². The van der Waals surface area contributed by atoms with Crippen LogP contribution in [0.1, 0.15) is 41.4 Å². The Labute approximate surface area is 110 Å². The highest BCUT2D eigenvalue weighted by Gasteiger charge is 2.48. The number of aryl methyl sites for hydroxylation is 1. The maximum atomic E-state index is 12.5. The Balaban J connectivity index is 2.35. The molecule has 0 aromatic carbocycles. The number of likely N-dealkylation sites (tertiary alicyclic amines) is 1. The fourth-order valence-electron chi connectivity index (χ4n) is 2.63. The lowest BCUT2D eigenvalue weighted by Gasteiger charge is -2.33. The van der Waals surface area contributed by atoms with Gasteiger partial charge in [0.2, 0.25) is 0 Å². The van der Waals surface area contributed by atoms with Crippen molar-refractivity contribution in [1.29, 1.82) is 0 Å². The average molecular weight is 267 g/mol. The van der Waals surface area contributed by atoms with Crippen molar-refractivity contribution >= 4 is 23.2 Å². The quantitative estimate of drug-likeness (QED) is 0.915. The van der Waals surface area contributed by atoms with Gasteiger partial charge in [-0.25, -0.2) is 4.79 Å². The minimum Gasteiger partial charge on any atom is -0.479 e. The van der Waals surface area contributed by atoms with E-state index in [4.69, 9.17) is 0 Å². The molecule has 98 valence electrons. The molecule has 1 aliphatic rings. The Kier molecular flexibility index (Phi) is 3.43. The van der Waals surface area contributed by atoms with Crippen LogP contribution < -0.4 is 0 Å². The van der Waals surface area contributed by atoms with E-state index in [1.807, 2.05) is 25.3 Å². The SMILES string of the molecule is CCC1(C(=O)O)CCCN1C(=O)c1sccc1C. The van der Waals surface area contributed by atoms with Gasteiger partial charge in [0.1, 0.15) is 5.54 Å². The van der Waals surface area contributed by atoms with Crippen molar-refractivity contribution in [3.8, 4) is 0 Å². The number of carboxylic acid groups (broad SMARTS) is 1. The summed E-state index contributed by atoms with van der Waals surface area (Å²) in [6.45, 7) is 4.26. The Morgan fingerprint density at radius 1 is 1.56 bits per heavy atom. The second-order valence-corrected chi connectivity index (χ2v) is 5.60. The van der Waals surface area contributed by atoms with Crippen LogP contribution in [-0.2, 0) is 4.79 Å². The first kappa shape index (κ1) is 13.1. The van der Waals surface area contributed by atoms with E-state index in [1.165, 1.54) is 11.3 Å². The molecule has 1 fully saturated rings. The standard InChI is InChI=1S/C13H17NO3S/c1-3-13(12(16)17)6-4-7-14(13)11(15)10-9(2)5-8-18-10/h5,8H,3-4,6-7H2,1-2H3,(H,16,17). The fourth-order valence-corrected chi connectivity index (χ4v) is 3.50. The largest absolute Gasteiger partial charge is 0.479 e. The van der Waals surface area contributed by atoms with Crippen LogP contribution >= 0.6 is 11.3 Å². The van der Waals surface area contributed by atoms with Crippen molar-refractivity contribution in [1.82, 2.24) is 4.90 Å². The monoisotopic (exact) mass is 267 g/mol. The second kappa shape index (κ2) is 4.72. The zero-order valence-corrected chi connectivity index (χ0v) is 11.4. The van der Waals surface area contributed by atoms with Crippen molar-refractivity contribution in [3.05, 3.63) is 21.9 Å². The molecule has 1 atom stereocenters. The minimum atomic E-state index is -1.01. The van der Waals surface area contributed by atoms with E-state index in [9.17, 15) is 14.7 Å². The van der Waals surface area contributed by atoms with Crippen LogP contribution in [0.25, 0.3) is 0 Å². The lowest BCUT2D eigenvalue weighted by molar-refractivity contribution is -0.148. The summed E-state index contributed by atoms with van der Waals surface area (Å²) in [6.07, 6.45) is 1.77. The lowest BCUT2D eigenvalue weighted by atomic mass is 9.93. The number of carbonyl (C=O) groups excluding carboxylic acids is 1. The van der Waals surface area contributed by atoms with Crippen LogP contribution in [0, 0.1) is 6.92 Å². The summed E-state index contributed by atoms with van der Waals surface area (Å²) in [5, 5.41) is 11.3. The van der Waals surface area contributed by atoms with E-state index in [0.717, 1.165) is 12.0 Å². The molecule has 0 spiro atoms. The zero-order valence-electron chi connectivity index (χ0n) is 10.6. The number of aliphatic carboxylic acids is 1. The van der Waals surface area contributed by atoms with E-state index < -0.39 is 11.5 Å². The molecule has 0 bridgehead atoms. The van der Waals surface area contributed by atoms with Gasteiger partial charge in [0, 0.05) is 6.54 Å². The molecule has 1 amide bonds. The Hall–Kier alpha value is -1.36. The highest BCUT2D eigenvalue weighted by atomic mass is 32.1. The van der Waals surface area contributed by atoms with E-state index in [-0.39, 0.29) is 5.91 Å². The third kappa shape index (κ3) is 1.82.